The third-order valence-corrected chi connectivity index (χ3v) is 3.01. The number of fused-ring (bicyclic) bond motifs is 1. The van der Waals surface area contributed by atoms with Gasteiger partial charge in [-0.2, -0.15) is 0 Å². The van der Waals surface area contributed by atoms with Gasteiger partial charge >= 0.3 is 6.09 Å². The summed E-state index contributed by atoms with van der Waals surface area (Å²) >= 11 is 0. The monoisotopic (exact) mass is 169 g/mol. The maximum atomic E-state index is 11.3. The van der Waals surface area contributed by atoms with Crippen molar-refractivity contribution in [2.45, 2.75) is 19.8 Å². The van der Waals surface area contributed by atoms with E-state index >= 15 is 0 Å². The van der Waals surface area contributed by atoms with Gasteiger partial charge in [0.25, 0.3) is 0 Å². The van der Waals surface area contributed by atoms with Crippen LogP contribution in [-0.4, -0.2) is 30.7 Å². The van der Waals surface area contributed by atoms with Crippen LogP contribution in [0.1, 0.15) is 19.8 Å². The van der Waals surface area contributed by atoms with Crippen molar-refractivity contribution in [2.24, 2.45) is 11.8 Å². The zero-order valence-corrected chi connectivity index (χ0v) is 7.45. The minimum absolute atomic E-state index is 0.119. The molecule has 0 aromatic heterocycles. The first-order valence-electron chi connectivity index (χ1n) is 4.73. The van der Waals surface area contributed by atoms with Crippen LogP contribution in [0.15, 0.2) is 0 Å². The van der Waals surface area contributed by atoms with E-state index in [4.69, 9.17) is 4.74 Å². The van der Waals surface area contributed by atoms with Crippen molar-refractivity contribution < 1.29 is 9.53 Å². The van der Waals surface area contributed by atoms with Gasteiger partial charge < -0.3 is 9.64 Å². The van der Waals surface area contributed by atoms with Gasteiger partial charge in [0.1, 0.15) is 0 Å². The van der Waals surface area contributed by atoms with Gasteiger partial charge in [-0.3, -0.25) is 0 Å². The number of carbonyl (C=O) groups excluding carboxylic acids is 1. The van der Waals surface area contributed by atoms with Gasteiger partial charge in [0.15, 0.2) is 0 Å². The van der Waals surface area contributed by atoms with Crippen LogP contribution in [0.5, 0.6) is 0 Å². The normalized spacial score (nSPS) is 32.6. The molecule has 3 nitrogen and oxygen atoms in total. The highest BCUT2D eigenvalue weighted by Crippen LogP contribution is 2.40. The van der Waals surface area contributed by atoms with Gasteiger partial charge in [-0.1, -0.05) is 0 Å². The van der Waals surface area contributed by atoms with E-state index in [9.17, 15) is 4.79 Å². The lowest BCUT2D eigenvalue weighted by atomic mass is 9.77. The molecule has 0 unspecified atom stereocenters. The van der Waals surface area contributed by atoms with E-state index < -0.39 is 0 Å². The molecule has 1 aliphatic heterocycles. The van der Waals surface area contributed by atoms with Crippen molar-refractivity contribution in [1.29, 1.82) is 0 Å². The number of carbonyl (C=O) groups is 1. The van der Waals surface area contributed by atoms with E-state index in [-0.39, 0.29) is 6.09 Å². The highest BCUT2D eigenvalue weighted by Gasteiger charge is 2.41. The number of rotatable bonds is 1. The minimum Gasteiger partial charge on any atom is -0.450 e. The highest BCUT2D eigenvalue weighted by molar-refractivity contribution is 5.68. The Morgan fingerprint density at radius 2 is 2.00 bits per heavy atom. The Balaban J connectivity index is 1.85. The summed E-state index contributed by atoms with van der Waals surface area (Å²) in [6.07, 6.45) is 2.49. The first kappa shape index (κ1) is 7.90. The maximum absolute atomic E-state index is 11.3. The first-order chi connectivity index (χ1) is 5.81. The van der Waals surface area contributed by atoms with E-state index in [0.29, 0.717) is 6.61 Å². The largest absolute Gasteiger partial charge is 0.450 e. The number of hydrogen-bond donors (Lipinski definition) is 0. The van der Waals surface area contributed by atoms with Crippen LogP contribution >= 0.6 is 0 Å². The molecule has 0 bridgehead atoms. The molecule has 0 spiro atoms. The summed E-state index contributed by atoms with van der Waals surface area (Å²) in [5, 5.41) is 0. The van der Waals surface area contributed by atoms with E-state index in [1.807, 2.05) is 11.8 Å². The average Bonchev–Trinajstić information content (AvgIpc) is 2.29. The molecule has 2 atom stereocenters. The standard InChI is InChI=1S/C9H15NO2/c1-2-12-9(11)10-5-7-3-4-8(7)6-10/h7-8H,2-6H2,1H3/t7-,8+. The number of amides is 1. The van der Waals surface area contributed by atoms with Crippen LogP contribution in [-0.2, 0) is 4.74 Å². The fraction of sp³-hybridized carbons (Fsp3) is 0.889. The third-order valence-electron chi connectivity index (χ3n) is 3.01. The molecule has 1 aliphatic carbocycles. The molecule has 3 heteroatoms. The van der Waals surface area contributed by atoms with Crippen LogP contribution < -0.4 is 0 Å². The Morgan fingerprint density at radius 3 is 2.42 bits per heavy atom. The molecule has 0 N–H and O–H groups in total. The van der Waals surface area contributed by atoms with Crippen LogP contribution in [0.25, 0.3) is 0 Å². The predicted molar refractivity (Wildman–Crippen MR) is 44.8 cm³/mol. The topological polar surface area (TPSA) is 29.5 Å². The van der Waals surface area contributed by atoms with Gasteiger partial charge in [-0.25, -0.2) is 4.79 Å². The average molecular weight is 169 g/mol. The second-order valence-corrected chi connectivity index (χ2v) is 3.70. The predicted octanol–water partition coefficient (Wildman–Crippen LogP) is 1.48. The van der Waals surface area contributed by atoms with Crippen molar-refractivity contribution >= 4 is 6.09 Å². The van der Waals surface area contributed by atoms with Crippen LogP contribution in [0.4, 0.5) is 4.79 Å². The first-order valence-corrected chi connectivity index (χ1v) is 4.73. The quantitative estimate of drug-likeness (QED) is 0.595. The zero-order chi connectivity index (χ0) is 8.55. The molecule has 0 aromatic rings. The van der Waals surface area contributed by atoms with E-state index in [0.717, 1.165) is 24.9 Å². The summed E-state index contributed by atoms with van der Waals surface area (Å²) in [5.74, 6) is 1.57. The molecule has 1 saturated heterocycles. The van der Waals surface area contributed by atoms with Crippen molar-refractivity contribution in [2.75, 3.05) is 19.7 Å². The maximum Gasteiger partial charge on any atom is 0.409 e. The molecule has 1 saturated carbocycles. The molecule has 2 aliphatic rings. The Kier molecular flexibility index (Phi) is 1.95. The van der Waals surface area contributed by atoms with Crippen molar-refractivity contribution in [1.82, 2.24) is 4.90 Å². The lowest BCUT2D eigenvalue weighted by molar-refractivity contribution is 0.114. The fourth-order valence-corrected chi connectivity index (χ4v) is 2.12. The smallest absolute Gasteiger partial charge is 0.409 e. The number of hydrogen-bond acceptors (Lipinski definition) is 2. The molecule has 0 radical (unpaired) electrons. The third kappa shape index (κ3) is 1.17. The molecule has 0 aromatic carbocycles. The number of ether oxygens (including phenoxy) is 1. The molecule has 12 heavy (non-hydrogen) atoms. The Bertz CT molecular complexity index is 181. The SMILES string of the molecule is CCOC(=O)N1C[C@H]2CC[C@H]2C1. The second kappa shape index (κ2) is 2.96. The van der Waals surface area contributed by atoms with Gasteiger partial charge in [-0.15, -0.1) is 0 Å². The Morgan fingerprint density at radius 1 is 1.42 bits per heavy atom. The molecule has 1 heterocycles. The number of nitrogens with zero attached hydrogens (tertiary/aromatic N) is 1. The summed E-state index contributed by atoms with van der Waals surface area (Å²) in [4.78, 5) is 13.1. The molecule has 1 amide bonds. The molecular weight excluding hydrogens is 154 g/mol. The molecular formula is C9H15NO2. The Labute approximate surface area is 72.7 Å². The number of likely N-dealkylation sites (tertiary alicyclic amines) is 1. The van der Waals surface area contributed by atoms with Gasteiger partial charge in [-0.05, 0) is 31.6 Å². The van der Waals surface area contributed by atoms with Crippen molar-refractivity contribution in [3.05, 3.63) is 0 Å². The van der Waals surface area contributed by atoms with Crippen LogP contribution in [0.3, 0.4) is 0 Å². The lowest BCUT2D eigenvalue weighted by Crippen LogP contribution is -2.29. The van der Waals surface area contributed by atoms with Crippen molar-refractivity contribution in [3.8, 4) is 0 Å². The molecule has 2 fully saturated rings. The molecule has 2 rings (SSSR count). The Hall–Kier alpha value is -0.730. The highest BCUT2D eigenvalue weighted by atomic mass is 16.6. The lowest BCUT2D eigenvalue weighted by Gasteiger charge is -2.27. The summed E-state index contributed by atoms with van der Waals surface area (Å²) in [5.41, 5.74) is 0. The van der Waals surface area contributed by atoms with E-state index in [1.165, 1.54) is 12.8 Å². The summed E-state index contributed by atoms with van der Waals surface area (Å²) in [6, 6.07) is 0. The summed E-state index contributed by atoms with van der Waals surface area (Å²) in [6.45, 7) is 4.21. The molecule has 68 valence electrons. The van der Waals surface area contributed by atoms with Crippen LogP contribution in [0, 0.1) is 11.8 Å². The van der Waals surface area contributed by atoms with Gasteiger partial charge in [0.2, 0.25) is 0 Å². The zero-order valence-electron chi connectivity index (χ0n) is 7.45. The second-order valence-electron chi connectivity index (χ2n) is 3.70. The van der Waals surface area contributed by atoms with Gasteiger partial charge in [0, 0.05) is 13.1 Å². The van der Waals surface area contributed by atoms with Crippen LogP contribution in [0.2, 0.25) is 0 Å². The van der Waals surface area contributed by atoms with E-state index in [1.54, 1.807) is 0 Å². The van der Waals surface area contributed by atoms with E-state index in [2.05, 4.69) is 0 Å². The van der Waals surface area contributed by atoms with Crippen molar-refractivity contribution in [3.63, 3.8) is 0 Å². The fourth-order valence-electron chi connectivity index (χ4n) is 2.12. The summed E-state index contributed by atoms with van der Waals surface area (Å²) < 4.78 is 4.94. The summed E-state index contributed by atoms with van der Waals surface area (Å²) in [7, 11) is 0. The van der Waals surface area contributed by atoms with Gasteiger partial charge in [0.05, 0.1) is 6.61 Å². The minimum atomic E-state index is -0.119.